The van der Waals surface area contributed by atoms with E-state index in [2.05, 4.69) is 20.0 Å². The Hall–Kier alpha value is -2.68. The lowest BCUT2D eigenvalue weighted by atomic mass is 10.2. The van der Waals surface area contributed by atoms with Crippen LogP contribution in [-0.4, -0.2) is 28.3 Å². The lowest BCUT2D eigenvalue weighted by molar-refractivity contribution is 0.380. The molecule has 1 aliphatic rings. The maximum atomic E-state index is 12.4. The Bertz CT molecular complexity index is 988. The van der Waals surface area contributed by atoms with Gasteiger partial charge in [-0.05, 0) is 25.0 Å². The third kappa shape index (κ3) is 2.90. The van der Waals surface area contributed by atoms with Crippen LogP contribution in [0.15, 0.2) is 46.1 Å². The van der Waals surface area contributed by atoms with E-state index in [9.17, 15) is 8.42 Å². The van der Waals surface area contributed by atoms with Gasteiger partial charge in [0.15, 0.2) is 0 Å². The lowest BCUT2D eigenvalue weighted by Crippen LogP contribution is -2.12. The van der Waals surface area contributed by atoms with Crippen LogP contribution in [0.1, 0.15) is 24.7 Å². The molecular formula is C15H15N5O3S. The fraction of sp³-hybridized carbons (Fsp3) is 0.267. The maximum Gasteiger partial charge on any atom is 0.265 e. The van der Waals surface area contributed by atoms with Gasteiger partial charge in [0.2, 0.25) is 11.7 Å². The molecule has 3 aromatic rings. The van der Waals surface area contributed by atoms with E-state index in [0.29, 0.717) is 28.9 Å². The molecule has 0 atom stereocenters. The molecule has 0 aliphatic heterocycles. The number of nitrogens with one attached hydrogen (secondary N) is 1. The largest absolute Gasteiger partial charge is 0.339 e. The molecule has 1 fully saturated rings. The van der Waals surface area contributed by atoms with Crippen LogP contribution in [0.5, 0.6) is 0 Å². The molecule has 24 heavy (non-hydrogen) atoms. The first kappa shape index (κ1) is 14.9. The van der Waals surface area contributed by atoms with Crippen LogP contribution < -0.4 is 4.72 Å². The lowest BCUT2D eigenvalue weighted by Gasteiger charge is -2.06. The Morgan fingerprint density at radius 1 is 1.33 bits per heavy atom. The Balaban J connectivity index is 1.60. The number of aryl methyl sites for hydroxylation is 1. The summed E-state index contributed by atoms with van der Waals surface area (Å²) in [5.74, 6) is 1.48. The van der Waals surface area contributed by atoms with Gasteiger partial charge in [-0.1, -0.05) is 17.3 Å². The smallest absolute Gasteiger partial charge is 0.265 e. The molecule has 0 radical (unpaired) electrons. The molecular weight excluding hydrogens is 330 g/mol. The van der Waals surface area contributed by atoms with Crippen molar-refractivity contribution in [1.82, 2.24) is 19.9 Å². The summed E-state index contributed by atoms with van der Waals surface area (Å²) in [5.41, 5.74) is 1.12. The van der Waals surface area contributed by atoms with Crippen LogP contribution in [0.3, 0.4) is 0 Å². The number of nitrogens with zero attached hydrogens (tertiary/aromatic N) is 4. The van der Waals surface area contributed by atoms with E-state index >= 15 is 0 Å². The summed E-state index contributed by atoms with van der Waals surface area (Å²) < 4.78 is 33.9. The summed E-state index contributed by atoms with van der Waals surface area (Å²) in [7, 11) is -2.03. The summed E-state index contributed by atoms with van der Waals surface area (Å²) in [6, 6.07) is 6.89. The summed E-state index contributed by atoms with van der Waals surface area (Å²) >= 11 is 0. The standard InChI is InChI=1S/C15H15N5O3S/c1-20-9-13(8-16-20)24(21,22)19-12-4-2-3-11(7-12)14-17-15(23-18-14)10-5-6-10/h2-4,7-10,19H,5-6H2,1H3. The Morgan fingerprint density at radius 2 is 2.17 bits per heavy atom. The Morgan fingerprint density at radius 3 is 2.88 bits per heavy atom. The van der Waals surface area contributed by atoms with Crippen molar-refractivity contribution >= 4 is 15.7 Å². The average Bonchev–Trinajstić information content (AvgIpc) is 3.10. The second-order valence-corrected chi connectivity index (χ2v) is 7.45. The van der Waals surface area contributed by atoms with E-state index in [1.54, 1.807) is 25.2 Å². The molecule has 4 rings (SSSR count). The van der Waals surface area contributed by atoms with E-state index in [-0.39, 0.29) is 4.90 Å². The van der Waals surface area contributed by atoms with Crippen LogP contribution in [-0.2, 0) is 17.1 Å². The minimum absolute atomic E-state index is 0.103. The van der Waals surface area contributed by atoms with Crippen molar-refractivity contribution in [2.24, 2.45) is 7.05 Å². The average molecular weight is 345 g/mol. The summed E-state index contributed by atoms with van der Waals surface area (Å²) in [6.07, 6.45) is 4.89. The monoisotopic (exact) mass is 345 g/mol. The van der Waals surface area contributed by atoms with E-state index in [0.717, 1.165) is 12.8 Å². The first-order valence-electron chi connectivity index (χ1n) is 7.47. The number of aromatic nitrogens is 4. The molecule has 1 N–H and O–H groups in total. The van der Waals surface area contributed by atoms with E-state index < -0.39 is 10.0 Å². The number of anilines is 1. The third-order valence-electron chi connectivity index (χ3n) is 3.73. The topological polar surface area (TPSA) is 103 Å². The van der Waals surface area contributed by atoms with Gasteiger partial charge in [-0.3, -0.25) is 9.40 Å². The number of benzene rings is 1. The molecule has 9 heteroatoms. The quantitative estimate of drug-likeness (QED) is 0.760. The van der Waals surface area contributed by atoms with Gasteiger partial charge in [0, 0.05) is 30.4 Å². The van der Waals surface area contributed by atoms with Gasteiger partial charge in [0.05, 0.1) is 6.20 Å². The molecule has 1 aliphatic carbocycles. The van der Waals surface area contributed by atoms with E-state index in [1.807, 2.05) is 6.07 Å². The molecule has 1 saturated carbocycles. The van der Waals surface area contributed by atoms with Crippen molar-refractivity contribution in [2.45, 2.75) is 23.7 Å². The minimum Gasteiger partial charge on any atom is -0.339 e. The van der Waals surface area contributed by atoms with Crippen LogP contribution in [0.25, 0.3) is 11.4 Å². The maximum absolute atomic E-state index is 12.4. The molecule has 124 valence electrons. The number of hydrogen-bond acceptors (Lipinski definition) is 6. The second kappa shape index (κ2) is 5.45. The molecule has 1 aromatic carbocycles. The van der Waals surface area contributed by atoms with Gasteiger partial charge in [0.25, 0.3) is 10.0 Å². The van der Waals surface area contributed by atoms with Crippen LogP contribution in [0.4, 0.5) is 5.69 Å². The van der Waals surface area contributed by atoms with Gasteiger partial charge in [0.1, 0.15) is 4.90 Å². The third-order valence-corrected chi connectivity index (χ3v) is 5.07. The second-order valence-electron chi connectivity index (χ2n) is 5.77. The normalized spacial score (nSPS) is 14.7. The van der Waals surface area contributed by atoms with Crippen molar-refractivity contribution < 1.29 is 12.9 Å². The van der Waals surface area contributed by atoms with Gasteiger partial charge < -0.3 is 4.52 Å². The van der Waals surface area contributed by atoms with Gasteiger partial charge in [-0.15, -0.1) is 0 Å². The van der Waals surface area contributed by atoms with Crippen molar-refractivity contribution in [1.29, 1.82) is 0 Å². The first-order chi connectivity index (χ1) is 11.5. The summed E-state index contributed by atoms with van der Waals surface area (Å²) in [4.78, 5) is 4.48. The molecule has 8 nitrogen and oxygen atoms in total. The van der Waals surface area contributed by atoms with Gasteiger partial charge >= 0.3 is 0 Å². The van der Waals surface area contributed by atoms with Crippen molar-refractivity contribution in [3.63, 3.8) is 0 Å². The SMILES string of the molecule is Cn1cc(S(=O)(=O)Nc2cccc(-c3noc(C4CC4)n3)c2)cn1. The minimum atomic E-state index is -3.69. The Kier molecular flexibility index (Phi) is 3.38. The molecule has 0 saturated heterocycles. The zero-order chi connectivity index (χ0) is 16.7. The Labute approximate surface area is 138 Å². The van der Waals surface area contributed by atoms with Crippen LogP contribution in [0, 0.1) is 0 Å². The highest BCUT2D eigenvalue weighted by Crippen LogP contribution is 2.39. The van der Waals surface area contributed by atoms with Gasteiger partial charge in [-0.25, -0.2) is 8.42 Å². The van der Waals surface area contributed by atoms with Gasteiger partial charge in [-0.2, -0.15) is 10.1 Å². The zero-order valence-corrected chi connectivity index (χ0v) is 13.7. The van der Waals surface area contributed by atoms with Crippen LogP contribution in [0.2, 0.25) is 0 Å². The first-order valence-corrected chi connectivity index (χ1v) is 8.95. The number of sulfonamides is 1. The van der Waals surface area contributed by atoms with E-state index in [1.165, 1.54) is 17.1 Å². The fourth-order valence-electron chi connectivity index (χ4n) is 2.32. The number of rotatable bonds is 5. The zero-order valence-electron chi connectivity index (χ0n) is 12.9. The highest BCUT2D eigenvalue weighted by atomic mass is 32.2. The molecule has 0 unspecified atom stereocenters. The summed E-state index contributed by atoms with van der Waals surface area (Å²) in [5, 5.41) is 7.85. The van der Waals surface area contributed by atoms with Crippen molar-refractivity contribution in [3.05, 3.63) is 42.5 Å². The predicted octanol–water partition coefficient (Wildman–Crippen LogP) is 2.15. The highest BCUT2D eigenvalue weighted by molar-refractivity contribution is 7.92. The highest BCUT2D eigenvalue weighted by Gasteiger charge is 2.29. The molecule has 0 spiro atoms. The van der Waals surface area contributed by atoms with Crippen LogP contribution >= 0.6 is 0 Å². The van der Waals surface area contributed by atoms with Crippen molar-refractivity contribution in [3.8, 4) is 11.4 Å². The summed E-state index contributed by atoms with van der Waals surface area (Å²) in [6.45, 7) is 0. The molecule has 2 heterocycles. The molecule has 0 amide bonds. The van der Waals surface area contributed by atoms with E-state index in [4.69, 9.17) is 4.52 Å². The van der Waals surface area contributed by atoms with Crippen molar-refractivity contribution in [2.75, 3.05) is 4.72 Å². The fourth-order valence-corrected chi connectivity index (χ4v) is 3.35. The molecule has 0 bridgehead atoms. The predicted molar refractivity (Wildman–Crippen MR) is 85.7 cm³/mol. The molecule has 2 aromatic heterocycles. The number of hydrogen-bond donors (Lipinski definition) is 1.